The lowest BCUT2D eigenvalue weighted by molar-refractivity contribution is -0.131. The molecule has 0 radical (unpaired) electrons. The molecular formula is C62H80O4. The maximum atomic E-state index is 12.4. The molecule has 66 heavy (non-hydrogen) atoms. The van der Waals surface area contributed by atoms with E-state index in [4.69, 9.17) is 9.47 Å². The van der Waals surface area contributed by atoms with Gasteiger partial charge in [0.1, 0.15) is 11.5 Å². The summed E-state index contributed by atoms with van der Waals surface area (Å²) in [4.78, 5) is 24.5. The van der Waals surface area contributed by atoms with Gasteiger partial charge in [-0.2, -0.15) is 0 Å². The van der Waals surface area contributed by atoms with Crippen molar-refractivity contribution >= 4 is 11.9 Å². The lowest BCUT2D eigenvalue weighted by Crippen LogP contribution is -2.12. The standard InChI is InChI=1S/C36H46O2.C26H34O2/c1-16-30-18(4)20(6)31(21(7)19(30)5)32-22(8)24(10)33(25(11)23(32)9)34-26(12)28(14)35(29(15)27(34)13)38-36(37)17(2)3;1-12-22-14(4)16(6)23(17(7)15(22)5)24-18(8)20(10)25(21(11)19(24)9)28-26(27)13(2)3/h2,16H2,1,3-15H3;2,12H2,1,3-11H3. The van der Waals surface area contributed by atoms with Gasteiger partial charge in [-0.25, -0.2) is 9.59 Å². The molecule has 0 saturated heterocycles. The third-order valence-electron chi connectivity index (χ3n) is 15.8. The molecule has 0 heterocycles. The first-order valence-electron chi connectivity index (χ1n) is 23.8. The normalized spacial score (nSPS) is 11.1. The Morgan fingerprint density at radius 3 is 0.606 bits per heavy atom. The zero-order valence-electron chi connectivity index (χ0n) is 45.5. The summed E-state index contributed by atoms with van der Waals surface area (Å²) in [6, 6.07) is 0. The van der Waals surface area contributed by atoms with Crippen molar-refractivity contribution in [2.75, 3.05) is 0 Å². The van der Waals surface area contributed by atoms with Gasteiger partial charge in [-0.3, -0.25) is 0 Å². The van der Waals surface area contributed by atoms with Crippen LogP contribution < -0.4 is 9.47 Å². The molecule has 4 heteroatoms. The molecule has 0 aliphatic rings. The second-order valence-electron chi connectivity index (χ2n) is 19.4. The summed E-state index contributed by atoms with van der Waals surface area (Å²) < 4.78 is 11.5. The van der Waals surface area contributed by atoms with Crippen LogP contribution in [0.25, 0.3) is 33.4 Å². The van der Waals surface area contributed by atoms with E-state index in [0.29, 0.717) is 22.6 Å². The molecule has 0 aromatic heterocycles. The van der Waals surface area contributed by atoms with Gasteiger partial charge in [0.25, 0.3) is 0 Å². The maximum Gasteiger partial charge on any atom is 0.338 e. The summed E-state index contributed by atoms with van der Waals surface area (Å²) in [5.41, 5.74) is 36.7. The van der Waals surface area contributed by atoms with Crippen LogP contribution in [0.3, 0.4) is 0 Å². The van der Waals surface area contributed by atoms with Crippen molar-refractivity contribution in [3.05, 3.63) is 147 Å². The highest BCUT2D eigenvalue weighted by molar-refractivity contribution is 5.92. The van der Waals surface area contributed by atoms with Gasteiger partial charge in [0, 0.05) is 11.1 Å². The van der Waals surface area contributed by atoms with E-state index in [-0.39, 0.29) is 11.9 Å². The highest BCUT2D eigenvalue weighted by Crippen LogP contribution is 2.47. The fourth-order valence-corrected chi connectivity index (χ4v) is 10.6. The van der Waals surface area contributed by atoms with Crippen molar-refractivity contribution in [2.24, 2.45) is 0 Å². The lowest BCUT2D eigenvalue weighted by atomic mass is 9.77. The van der Waals surface area contributed by atoms with Gasteiger partial charge >= 0.3 is 11.9 Å². The Morgan fingerprint density at radius 1 is 0.303 bits per heavy atom. The Labute approximate surface area is 400 Å². The van der Waals surface area contributed by atoms with Gasteiger partial charge < -0.3 is 9.47 Å². The number of rotatable bonds is 9. The zero-order valence-corrected chi connectivity index (χ0v) is 45.5. The molecular weight excluding hydrogens is 809 g/mol. The van der Waals surface area contributed by atoms with Crippen molar-refractivity contribution < 1.29 is 19.1 Å². The van der Waals surface area contributed by atoms with Gasteiger partial charge in [-0.05, 0) is 321 Å². The van der Waals surface area contributed by atoms with Crippen molar-refractivity contribution in [3.8, 4) is 44.9 Å². The number of carbonyl (C=O) groups excluding carboxylic acids is 2. The van der Waals surface area contributed by atoms with E-state index in [1.54, 1.807) is 13.8 Å². The van der Waals surface area contributed by atoms with E-state index < -0.39 is 0 Å². The van der Waals surface area contributed by atoms with Gasteiger partial charge in [0.05, 0.1) is 0 Å². The molecule has 0 unspecified atom stereocenters. The Bertz CT molecular complexity index is 2740. The third-order valence-corrected chi connectivity index (χ3v) is 15.8. The molecule has 0 bridgehead atoms. The molecule has 5 aromatic rings. The molecule has 5 rings (SSSR count). The summed E-state index contributed by atoms with van der Waals surface area (Å²) >= 11 is 0. The highest BCUT2D eigenvalue weighted by atomic mass is 16.5. The first-order valence-corrected chi connectivity index (χ1v) is 23.8. The highest BCUT2D eigenvalue weighted by Gasteiger charge is 2.27. The molecule has 0 spiro atoms. The van der Waals surface area contributed by atoms with Crippen LogP contribution in [0.5, 0.6) is 11.5 Å². The van der Waals surface area contributed by atoms with Crippen LogP contribution in [0, 0.1) is 138 Å². The predicted molar refractivity (Wildman–Crippen MR) is 284 cm³/mol. The van der Waals surface area contributed by atoms with Crippen LogP contribution in [0.15, 0.2) is 24.3 Å². The van der Waals surface area contributed by atoms with Gasteiger partial charge in [0.15, 0.2) is 0 Å². The first-order chi connectivity index (χ1) is 30.5. The number of hydrogen-bond donors (Lipinski definition) is 0. The van der Waals surface area contributed by atoms with E-state index in [1.165, 1.54) is 122 Å². The van der Waals surface area contributed by atoms with E-state index >= 15 is 0 Å². The zero-order chi connectivity index (χ0) is 50.5. The Kier molecular flexibility index (Phi) is 16.2. The van der Waals surface area contributed by atoms with Crippen molar-refractivity contribution in [1.82, 2.24) is 0 Å². The molecule has 0 fully saturated rings. The number of benzene rings is 5. The molecule has 0 N–H and O–H groups in total. The number of carbonyl (C=O) groups is 2. The fraction of sp³-hybridized carbons (Fsp3) is 0.419. The molecule has 4 nitrogen and oxygen atoms in total. The van der Waals surface area contributed by atoms with Crippen LogP contribution in [-0.4, -0.2) is 11.9 Å². The SMILES string of the molecule is C=C(C)C(=O)Oc1c(C)c(C)c(-c2c(C)c(C)c(-c3c(C)c(C)c(CC)c(C)c3C)c(C)c2C)c(C)c1C.C=C(C)C(=O)Oc1c(C)c(C)c(-c2c(C)c(C)c(CC)c(C)c2C)c(C)c1C. The van der Waals surface area contributed by atoms with Crippen LogP contribution in [-0.2, 0) is 22.4 Å². The van der Waals surface area contributed by atoms with E-state index in [0.717, 1.165) is 46.2 Å². The van der Waals surface area contributed by atoms with Crippen LogP contribution >= 0.6 is 0 Å². The van der Waals surface area contributed by atoms with Crippen molar-refractivity contribution in [2.45, 2.75) is 179 Å². The second kappa shape index (κ2) is 20.2. The Morgan fingerprint density at radius 2 is 0.455 bits per heavy atom. The monoisotopic (exact) mass is 889 g/mol. The summed E-state index contributed by atoms with van der Waals surface area (Å²) in [5.74, 6) is 0.576. The minimum atomic E-state index is -0.378. The summed E-state index contributed by atoms with van der Waals surface area (Å²) in [7, 11) is 0. The predicted octanol–water partition coefficient (Wildman–Crippen LogP) is 16.6. The molecule has 0 amide bonds. The van der Waals surface area contributed by atoms with Crippen molar-refractivity contribution in [1.29, 1.82) is 0 Å². The summed E-state index contributed by atoms with van der Waals surface area (Å²) in [6.45, 7) is 59.2. The average Bonchev–Trinajstić information content (AvgIpc) is 3.27. The van der Waals surface area contributed by atoms with Gasteiger partial charge in [-0.15, -0.1) is 0 Å². The minimum absolute atomic E-state index is 0.371. The smallest absolute Gasteiger partial charge is 0.338 e. The molecule has 352 valence electrons. The van der Waals surface area contributed by atoms with E-state index in [9.17, 15) is 9.59 Å². The topological polar surface area (TPSA) is 52.6 Å². The number of esters is 2. The average molecular weight is 889 g/mol. The summed E-state index contributed by atoms with van der Waals surface area (Å²) in [5, 5.41) is 0. The lowest BCUT2D eigenvalue weighted by Gasteiger charge is -2.28. The Balaban J connectivity index is 0.000000302. The molecule has 0 saturated carbocycles. The Hall–Kier alpha value is -5.48. The second-order valence-corrected chi connectivity index (χ2v) is 19.4. The molecule has 0 atom stereocenters. The van der Waals surface area contributed by atoms with Crippen LogP contribution in [0.4, 0.5) is 0 Å². The first kappa shape index (κ1) is 53.1. The molecule has 0 aliphatic heterocycles. The quantitative estimate of drug-likeness (QED) is 0.0840. The summed E-state index contributed by atoms with van der Waals surface area (Å²) in [6.07, 6.45) is 2.11. The fourth-order valence-electron chi connectivity index (χ4n) is 10.6. The number of hydrogen-bond acceptors (Lipinski definition) is 4. The molecule has 5 aromatic carbocycles. The van der Waals surface area contributed by atoms with Crippen LogP contribution in [0.2, 0.25) is 0 Å². The van der Waals surface area contributed by atoms with Gasteiger partial charge in [0.2, 0.25) is 0 Å². The number of ether oxygens (including phenoxy) is 2. The van der Waals surface area contributed by atoms with Crippen molar-refractivity contribution in [3.63, 3.8) is 0 Å². The van der Waals surface area contributed by atoms with E-state index in [2.05, 4.69) is 152 Å². The minimum Gasteiger partial charge on any atom is -0.423 e. The maximum absolute atomic E-state index is 12.4. The van der Waals surface area contributed by atoms with E-state index in [1.807, 2.05) is 13.8 Å². The molecule has 0 aliphatic carbocycles. The third kappa shape index (κ3) is 9.02. The van der Waals surface area contributed by atoms with Gasteiger partial charge in [-0.1, -0.05) is 27.0 Å². The largest absolute Gasteiger partial charge is 0.423 e. The van der Waals surface area contributed by atoms with Crippen LogP contribution in [0.1, 0.15) is 150 Å².